The molecule has 0 bridgehead atoms. The molecule has 0 fully saturated rings. The summed E-state index contributed by atoms with van der Waals surface area (Å²) in [6, 6.07) is 2.85. The van der Waals surface area contributed by atoms with Crippen LogP contribution in [0.2, 0.25) is 0 Å². The zero-order chi connectivity index (χ0) is 14.5. The highest BCUT2D eigenvalue weighted by molar-refractivity contribution is 7.89. The van der Waals surface area contributed by atoms with Crippen molar-refractivity contribution in [1.82, 2.24) is 10.0 Å². The van der Waals surface area contributed by atoms with Crippen molar-refractivity contribution in [2.45, 2.75) is 17.9 Å². The maximum atomic E-state index is 13.3. The first-order valence-electron chi connectivity index (χ1n) is 5.67. The van der Waals surface area contributed by atoms with Crippen LogP contribution in [0.5, 0.6) is 0 Å². The molecule has 1 aromatic rings. The summed E-state index contributed by atoms with van der Waals surface area (Å²) in [6.07, 6.45) is -0.555. The topological polar surface area (TPSA) is 78.4 Å². The average Bonchev–Trinajstić information content (AvgIpc) is 2.27. The molecule has 108 valence electrons. The average molecular weight is 294 g/mol. The lowest BCUT2D eigenvalue weighted by Gasteiger charge is -2.10. The molecule has 0 aromatic heterocycles. The Balaban J connectivity index is 2.62. The zero-order valence-electron chi connectivity index (χ0n) is 10.4. The van der Waals surface area contributed by atoms with E-state index in [1.54, 1.807) is 6.92 Å². The Kier molecular flexibility index (Phi) is 5.80. The third-order valence-electron chi connectivity index (χ3n) is 2.22. The fourth-order valence-electron chi connectivity index (χ4n) is 1.40. The third-order valence-corrected chi connectivity index (χ3v) is 3.73. The van der Waals surface area contributed by atoms with Crippen molar-refractivity contribution in [3.63, 3.8) is 0 Å². The zero-order valence-corrected chi connectivity index (χ0v) is 11.2. The van der Waals surface area contributed by atoms with Gasteiger partial charge in [-0.05, 0) is 19.1 Å². The Morgan fingerprint density at radius 2 is 1.84 bits per heavy atom. The smallest absolute Gasteiger partial charge is 0.246 e. The van der Waals surface area contributed by atoms with Gasteiger partial charge in [-0.25, -0.2) is 21.9 Å². The van der Waals surface area contributed by atoms with Crippen molar-refractivity contribution in [3.05, 3.63) is 29.8 Å². The van der Waals surface area contributed by atoms with Crippen LogP contribution in [0.15, 0.2) is 23.1 Å². The number of nitrogens with one attached hydrogen (secondary N) is 2. The van der Waals surface area contributed by atoms with E-state index < -0.39 is 32.7 Å². The predicted molar refractivity (Wildman–Crippen MR) is 66.1 cm³/mol. The van der Waals surface area contributed by atoms with Crippen molar-refractivity contribution in [2.24, 2.45) is 0 Å². The molecule has 0 aliphatic heterocycles. The Labute approximate surface area is 110 Å². The predicted octanol–water partition coefficient (Wildman–Crippen LogP) is 0.214. The molecule has 0 aliphatic carbocycles. The van der Waals surface area contributed by atoms with E-state index in [0.717, 1.165) is 18.2 Å². The van der Waals surface area contributed by atoms with Crippen LogP contribution in [0.1, 0.15) is 6.92 Å². The van der Waals surface area contributed by atoms with E-state index in [1.807, 2.05) is 0 Å². The first-order chi connectivity index (χ1) is 8.84. The lowest BCUT2D eigenvalue weighted by atomic mass is 10.3. The number of benzene rings is 1. The molecule has 0 radical (unpaired) electrons. The molecule has 0 amide bonds. The van der Waals surface area contributed by atoms with Crippen molar-refractivity contribution in [3.8, 4) is 0 Å². The molecule has 19 heavy (non-hydrogen) atoms. The summed E-state index contributed by atoms with van der Waals surface area (Å²) in [5.74, 6) is -2.27. The van der Waals surface area contributed by atoms with Gasteiger partial charge in [-0.15, -0.1) is 0 Å². The summed E-state index contributed by atoms with van der Waals surface area (Å²) in [4.78, 5) is -0.981. The Hall–Kier alpha value is -1.09. The van der Waals surface area contributed by atoms with E-state index in [9.17, 15) is 17.2 Å². The van der Waals surface area contributed by atoms with Crippen molar-refractivity contribution in [1.29, 1.82) is 0 Å². The number of rotatable bonds is 7. The van der Waals surface area contributed by atoms with Gasteiger partial charge >= 0.3 is 0 Å². The van der Waals surface area contributed by atoms with Crippen LogP contribution in [0.3, 0.4) is 0 Å². The van der Waals surface area contributed by atoms with E-state index in [-0.39, 0.29) is 13.1 Å². The molecule has 5 nitrogen and oxygen atoms in total. The van der Waals surface area contributed by atoms with Crippen LogP contribution in [-0.2, 0) is 10.0 Å². The minimum atomic E-state index is -4.22. The molecule has 8 heteroatoms. The van der Waals surface area contributed by atoms with E-state index in [1.165, 1.54) is 0 Å². The maximum Gasteiger partial charge on any atom is 0.246 e. The molecule has 0 spiro atoms. The number of aliphatic hydroxyl groups excluding tert-OH is 1. The third kappa shape index (κ3) is 4.83. The van der Waals surface area contributed by atoms with Crippen molar-refractivity contribution < 1.29 is 22.3 Å². The largest absolute Gasteiger partial charge is 0.392 e. The van der Waals surface area contributed by atoms with E-state index >= 15 is 0 Å². The summed E-state index contributed by atoms with van der Waals surface area (Å²) < 4.78 is 52.1. The second-order valence-corrected chi connectivity index (χ2v) is 5.71. The molecular weight excluding hydrogens is 278 g/mol. The number of hydrogen-bond donors (Lipinski definition) is 3. The van der Waals surface area contributed by atoms with Gasteiger partial charge in [-0.3, -0.25) is 0 Å². The highest BCUT2D eigenvalue weighted by atomic mass is 32.2. The minimum Gasteiger partial charge on any atom is -0.392 e. The van der Waals surface area contributed by atoms with E-state index in [4.69, 9.17) is 5.11 Å². The molecule has 3 N–H and O–H groups in total. The summed E-state index contributed by atoms with van der Waals surface area (Å²) in [6.45, 7) is 2.07. The second-order valence-electron chi connectivity index (χ2n) is 4.00. The quantitative estimate of drug-likeness (QED) is 0.628. The molecule has 1 atom stereocenters. The normalized spacial score (nSPS) is 13.5. The molecular formula is C11H16F2N2O3S. The van der Waals surface area contributed by atoms with E-state index in [0.29, 0.717) is 6.54 Å². The number of hydrogen-bond acceptors (Lipinski definition) is 4. The van der Waals surface area contributed by atoms with Crippen LogP contribution >= 0.6 is 0 Å². The fraction of sp³-hybridized carbons (Fsp3) is 0.455. The molecule has 1 rings (SSSR count). The summed E-state index contributed by atoms with van der Waals surface area (Å²) in [5.41, 5.74) is 0. The SMILES string of the molecule is CC(O)CNCCNS(=O)(=O)c1c(F)cccc1F. The first-order valence-corrected chi connectivity index (χ1v) is 7.15. The van der Waals surface area contributed by atoms with Gasteiger partial charge in [0.25, 0.3) is 0 Å². The van der Waals surface area contributed by atoms with Gasteiger partial charge in [0.2, 0.25) is 10.0 Å². The van der Waals surface area contributed by atoms with Gasteiger partial charge in [-0.2, -0.15) is 0 Å². The number of sulfonamides is 1. The van der Waals surface area contributed by atoms with Gasteiger partial charge in [0.05, 0.1) is 6.10 Å². The summed E-state index contributed by atoms with van der Waals surface area (Å²) in [7, 11) is -4.22. The van der Waals surface area contributed by atoms with Crippen molar-refractivity contribution in [2.75, 3.05) is 19.6 Å². The van der Waals surface area contributed by atoms with Gasteiger partial charge < -0.3 is 10.4 Å². The summed E-state index contributed by atoms with van der Waals surface area (Å²) in [5, 5.41) is 11.7. The van der Waals surface area contributed by atoms with Gasteiger partial charge in [-0.1, -0.05) is 6.07 Å². The molecule has 0 saturated heterocycles. The van der Waals surface area contributed by atoms with Gasteiger partial charge in [0.15, 0.2) is 4.90 Å². The van der Waals surface area contributed by atoms with Crippen LogP contribution in [0, 0.1) is 11.6 Å². The van der Waals surface area contributed by atoms with Crippen molar-refractivity contribution >= 4 is 10.0 Å². The highest BCUT2D eigenvalue weighted by Crippen LogP contribution is 2.17. The monoisotopic (exact) mass is 294 g/mol. The Morgan fingerprint density at radius 1 is 1.26 bits per heavy atom. The maximum absolute atomic E-state index is 13.3. The van der Waals surface area contributed by atoms with Gasteiger partial charge in [0, 0.05) is 19.6 Å². The molecule has 0 heterocycles. The molecule has 1 aromatic carbocycles. The first kappa shape index (κ1) is 16.0. The standard InChI is InChI=1S/C11H16F2N2O3S/c1-8(16)7-14-5-6-15-19(17,18)11-9(12)3-2-4-10(11)13/h2-4,8,14-16H,5-7H2,1H3. The number of aliphatic hydroxyl groups is 1. The van der Waals surface area contributed by atoms with E-state index in [2.05, 4.69) is 10.0 Å². The minimum absolute atomic E-state index is 0.0389. The van der Waals surface area contributed by atoms with Crippen LogP contribution < -0.4 is 10.0 Å². The molecule has 1 unspecified atom stereocenters. The molecule has 0 saturated carbocycles. The lowest BCUT2D eigenvalue weighted by molar-refractivity contribution is 0.192. The number of halogens is 2. The van der Waals surface area contributed by atoms with Crippen LogP contribution in [0.4, 0.5) is 8.78 Å². The Morgan fingerprint density at radius 3 is 2.37 bits per heavy atom. The molecule has 0 aliphatic rings. The fourth-order valence-corrected chi connectivity index (χ4v) is 2.56. The van der Waals surface area contributed by atoms with Gasteiger partial charge in [0.1, 0.15) is 11.6 Å². The second kappa shape index (κ2) is 6.90. The van der Waals surface area contributed by atoms with Crippen LogP contribution in [-0.4, -0.2) is 39.3 Å². The Bertz CT molecular complexity index is 500. The lowest BCUT2D eigenvalue weighted by Crippen LogP contribution is -2.35. The summed E-state index contributed by atoms with van der Waals surface area (Å²) >= 11 is 0. The van der Waals surface area contributed by atoms with Crippen LogP contribution in [0.25, 0.3) is 0 Å². The highest BCUT2D eigenvalue weighted by Gasteiger charge is 2.22.